The fourth-order valence-corrected chi connectivity index (χ4v) is 5.18. The fourth-order valence-electron chi connectivity index (χ4n) is 4.37. The molecule has 12 heteroatoms. The monoisotopic (exact) mass is 541 g/mol. The van der Waals surface area contributed by atoms with Gasteiger partial charge in [-0.3, -0.25) is 14.4 Å². The molecule has 1 aromatic heterocycles. The summed E-state index contributed by atoms with van der Waals surface area (Å²) in [6, 6.07) is 6.12. The predicted molar refractivity (Wildman–Crippen MR) is 145 cm³/mol. The van der Waals surface area contributed by atoms with Crippen LogP contribution in [-0.2, 0) is 20.9 Å². The van der Waals surface area contributed by atoms with E-state index >= 15 is 0 Å². The quantitative estimate of drug-likeness (QED) is 0.182. The van der Waals surface area contributed by atoms with Gasteiger partial charge in [0.1, 0.15) is 12.1 Å². The topological polar surface area (TPSA) is 160 Å². The molecule has 38 heavy (non-hydrogen) atoms. The molecule has 1 aliphatic heterocycles. The Hall–Kier alpha value is -3.47. The molecule has 2 heterocycles. The van der Waals surface area contributed by atoms with Crippen LogP contribution in [0.4, 0.5) is 0 Å². The van der Waals surface area contributed by atoms with Gasteiger partial charge in [-0.1, -0.05) is 50.2 Å². The van der Waals surface area contributed by atoms with Crippen LogP contribution in [0.25, 0.3) is 20.9 Å². The van der Waals surface area contributed by atoms with Crippen molar-refractivity contribution in [3.05, 3.63) is 51.5 Å². The maximum Gasteiger partial charge on any atom is 0.246 e. The molecule has 0 unspecified atom stereocenters. The molecule has 0 aliphatic carbocycles. The van der Waals surface area contributed by atoms with E-state index in [2.05, 4.69) is 25.6 Å². The van der Waals surface area contributed by atoms with Crippen LogP contribution in [0.1, 0.15) is 51.3 Å². The van der Waals surface area contributed by atoms with Crippen LogP contribution in [0.5, 0.6) is 0 Å². The molecular formula is C26H35N7O4S. The maximum atomic E-state index is 13.6. The lowest BCUT2D eigenvalue weighted by molar-refractivity contribution is -0.144. The zero-order chi connectivity index (χ0) is 27.9. The number of aromatic nitrogens is 1. The lowest BCUT2D eigenvalue weighted by Gasteiger charge is -2.35. The van der Waals surface area contributed by atoms with E-state index in [9.17, 15) is 19.5 Å². The van der Waals surface area contributed by atoms with Crippen molar-refractivity contribution in [1.82, 2.24) is 20.5 Å². The van der Waals surface area contributed by atoms with Gasteiger partial charge in [0.05, 0.1) is 22.2 Å². The van der Waals surface area contributed by atoms with Crippen LogP contribution >= 0.6 is 11.3 Å². The third-order valence-corrected chi connectivity index (χ3v) is 7.41. The van der Waals surface area contributed by atoms with Gasteiger partial charge in [0, 0.05) is 37.4 Å². The Morgan fingerprint density at radius 2 is 2.00 bits per heavy atom. The van der Waals surface area contributed by atoms with Crippen molar-refractivity contribution in [3.8, 4) is 10.4 Å². The molecule has 2 aromatic rings. The Labute approximate surface area is 226 Å². The van der Waals surface area contributed by atoms with Crippen LogP contribution in [-0.4, -0.2) is 64.0 Å². The smallest absolute Gasteiger partial charge is 0.246 e. The van der Waals surface area contributed by atoms with Crippen molar-refractivity contribution in [1.29, 1.82) is 0 Å². The zero-order valence-corrected chi connectivity index (χ0v) is 23.0. The number of hydrogen-bond donors (Lipinski definition) is 3. The van der Waals surface area contributed by atoms with Gasteiger partial charge in [0.2, 0.25) is 17.7 Å². The molecule has 11 nitrogen and oxygen atoms in total. The molecule has 1 aromatic carbocycles. The summed E-state index contributed by atoms with van der Waals surface area (Å²) in [5.74, 6) is -1.11. The summed E-state index contributed by atoms with van der Waals surface area (Å²) in [5, 5.41) is 19.4. The standard InChI is InChI=1S/C26H35N7O4S/c1-16-22(38-15-29-16)18-9-7-17(8-10-18)13-28-24(36)20-12-19(34)14-33(20)25(37)23(26(2,3)4)31-21(35)6-5-11-30-32-27/h7-10,15,19-20,23,34H,5-6,11-14H2,1-4H3,(H,28,36)(H,31,35)/t19-,20+,23-/m1/s1. The number of nitrogens with one attached hydrogen (secondary N) is 2. The van der Waals surface area contributed by atoms with E-state index in [0.29, 0.717) is 6.42 Å². The first-order valence-corrected chi connectivity index (χ1v) is 13.4. The van der Waals surface area contributed by atoms with Gasteiger partial charge in [0.15, 0.2) is 0 Å². The van der Waals surface area contributed by atoms with Crippen LogP contribution in [0.15, 0.2) is 34.9 Å². The average Bonchev–Trinajstić information content (AvgIpc) is 3.48. The number of thiazole rings is 1. The third kappa shape index (κ3) is 7.53. The van der Waals surface area contributed by atoms with Gasteiger partial charge in [-0.05, 0) is 35.4 Å². The van der Waals surface area contributed by atoms with Crippen molar-refractivity contribution in [2.45, 2.75) is 71.7 Å². The Morgan fingerprint density at radius 1 is 1.29 bits per heavy atom. The number of β-amino-alcohol motifs (C(OH)–C–C–N with tert-alkyl or cyclic N) is 1. The number of benzene rings is 1. The molecule has 0 spiro atoms. The number of likely N-dealkylation sites (tertiary alicyclic amines) is 1. The molecule has 0 radical (unpaired) electrons. The van der Waals surface area contributed by atoms with Crippen molar-refractivity contribution in [2.75, 3.05) is 13.1 Å². The number of rotatable bonds is 10. The van der Waals surface area contributed by atoms with Gasteiger partial charge in [-0.15, -0.1) is 11.3 Å². The minimum absolute atomic E-state index is 0.0130. The summed E-state index contributed by atoms with van der Waals surface area (Å²) in [7, 11) is 0. The zero-order valence-electron chi connectivity index (χ0n) is 22.2. The van der Waals surface area contributed by atoms with E-state index in [-0.39, 0.29) is 44.3 Å². The molecule has 204 valence electrons. The van der Waals surface area contributed by atoms with Gasteiger partial charge in [-0.25, -0.2) is 4.98 Å². The van der Waals surface area contributed by atoms with E-state index in [4.69, 9.17) is 5.53 Å². The Kier molecular flexibility index (Phi) is 9.84. The maximum absolute atomic E-state index is 13.6. The van der Waals surface area contributed by atoms with Crippen LogP contribution in [0.2, 0.25) is 0 Å². The van der Waals surface area contributed by atoms with Crippen LogP contribution < -0.4 is 10.6 Å². The second-order valence-electron chi connectivity index (χ2n) is 10.5. The van der Waals surface area contributed by atoms with Crippen molar-refractivity contribution >= 4 is 29.1 Å². The Bertz CT molecular complexity index is 1180. The minimum Gasteiger partial charge on any atom is -0.391 e. The SMILES string of the molecule is Cc1ncsc1-c1ccc(CNC(=O)[C@@H]2C[C@@H](O)CN2C(=O)[C@@H](NC(=O)CCCN=[N+]=[N-])C(C)(C)C)cc1. The highest BCUT2D eigenvalue weighted by Crippen LogP contribution is 2.28. The van der Waals surface area contributed by atoms with Crippen LogP contribution in [0.3, 0.4) is 0 Å². The molecule has 3 N–H and O–H groups in total. The number of aliphatic hydroxyl groups is 1. The lowest BCUT2D eigenvalue weighted by Crippen LogP contribution is -2.57. The molecule has 3 rings (SSSR count). The number of aryl methyl sites for hydroxylation is 1. The number of amides is 3. The number of carbonyl (C=O) groups excluding carboxylic acids is 3. The fraction of sp³-hybridized carbons (Fsp3) is 0.538. The van der Waals surface area contributed by atoms with Crippen molar-refractivity contribution in [3.63, 3.8) is 0 Å². The highest BCUT2D eigenvalue weighted by Gasteiger charge is 2.44. The molecule has 1 saturated heterocycles. The van der Waals surface area contributed by atoms with E-state index in [1.54, 1.807) is 11.3 Å². The third-order valence-electron chi connectivity index (χ3n) is 6.44. The van der Waals surface area contributed by atoms with E-state index in [1.807, 2.05) is 57.5 Å². The Balaban J connectivity index is 1.64. The molecule has 0 bridgehead atoms. The van der Waals surface area contributed by atoms with Gasteiger partial charge in [0.25, 0.3) is 0 Å². The van der Waals surface area contributed by atoms with Gasteiger partial charge < -0.3 is 20.6 Å². The average molecular weight is 542 g/mol. The largest absolute Gasteiger partial charge is 0.391 e. The van der Waals surface area contributed by atoms with Crippen molar-refractivity contribution in [2.24, 2.45) is 10.5 Å². The number of aliphatic hydroxyl groups excluding tert-OH is 1. The summed E-state index contributed by atoms with van der Waals surface area (Å²) >= 11 is 1.57. The number of azide groups is 1. The van der Waals surface area contributed by atoms with Gasteiger partial charge >= 0.3 is 0 Å². The number of hydrogen-bond acceptors (Lipinski definition) is 7. The van der Waals surface area contributed by atoms with Crippen molar-refractivity contribution < 1.29 is 19.5 Å². The summed E-state index contributed by atoms with van der Waals surface area (Å²) in [4.78, 5) is 48.6. The molecule has 1 aliphatic rings. The molecule has 0 saturated carbocycles. The van der Waals surface area contributed by atoms with E-state index in [1.165, 1.54) is 4.90 Å². The van der Waals surface area contributed by atoms with Crippen LogP contribution in [0, 0.1) is 12.3 Å². The van der Waals surface area contributed by atoms with Gasteiger partial charge in [-0.2, -0.15) is 0 Å². The number of nitrogens with zero attached hydrogens (tertiary/aromatic N) is 5. The normalized spacial score (nSPS) is 18.0. The summed E-state index contributed by atoms with van der Waals surface area (Å²) in [6.07, 6.45) is -0.249. The molecular weight excluding hydrogens is 506 g/mol. The second kappa shape index (κ2) is 12.9. The lowest BCUT2D eigenvalue weighted by atomic mass is 9.85. The minimum atomic E-state index is -0.891. The highest BCUT2D eigenvalue weighted by molar-refractivity contribution is 7.13. The molecule has 3 amide bonds. The Morgan fingerprint density at radius 3 is 2.61 bits per heavy atom. The first-order chi connectivity index (χ1) is 18.0. The second-order valence-corrected chi connectivity index (χ2v) is 11.4. The first-order valence-electron chi connectivity index (χ1n) is 12.6. The summed E-state index contributed by atoms with van der Waals surface area (Å²) < 4.78 is 0. The molecule has 3 atom stereocenters. The number of carbonyl (C=O) groups is 3. The summed E-state index contributed by atoms with van der Waals surface area (Å²) in [5.41, 5.74) is 12.5. The molecule has 1 fully saturated rings. The van der Waals surface area contributed by atoms with E-state index < -0.39 is 29.5 Å². The van der Waals surface area contributed by atoms with E-state index in [0.717, 1.165) is 21.7 Å². The predicted octanol–water partition coefficient (Wildman–Crippen LogP) is 3.32. The summed E-state index contributed by atoms with van der Waals surface area (Å²) in [6.45, 7) is 7.93. The first kappa shape index (κ1) is 29.1. The highest BCUT2D eigenvalue weighted by atomic mass is 32.1.